The summed E-state index contributed by atoms with van der Waals surface area (Å²) in [4.78, 5) is 14.2. The van der Waals surface area contributed by atoms with E-state index < -0.39 is 0 Å². The van der Waals surface area contributed by atoms with Gasteiger partial charge in [0.1, 0.15) is 0 Å². The van der Waals surface area contributed by atoms with Gasteiger partial charge in [-0.1, -0.05) is 32.0 Å². The number of anilines is 1. The van der Waals surface area contributed by atoms with Crippen molar-refractivity contribution in [2.24, 2.45) is 0 Å². The summed E-state index contributed by atoms with van der Waals surface area (Å²) in [6.45, 7) is 8.39. The van der Waals surface area contributed by atoms with Gasteiger partial charge in [0.15, 0.2) is 0 Å². The van der Waals surface area contributed by atoms with E-state index in [0.717, 1.165) is 31.5 Å². The first-order valence-electron chi connectivity index (χ1n) is 7.23. The van der Waals surface area contributed by atoms with E-state index in [1.165, 1.54) is 5.69 Å². The Bertz CT molecular complexity index is 452. The number of nitrogens with one attached hydrogen (secondary N) is 1. The SMILES string of the molecule is CCC(C)(CC)N1CCNC(=O)Cc2ccccc21. The maximum absolute atomic E-state index is 11.8. The van der Waals surface area contributed by atoms with Gasteiger partial charge in [0.25, 0.3) is 0 Å². The molecule has 0 saturated carbocycles. The zero-order valence-corrected chi connectivity index (χ0v) is 12.2. The minimum atomic E-state index is 0.127. The van der Waals surface area contributed by atoms with Crippen molar-refractivity contribution >= 4 is 11.6 Å². The third kappa shape index (κ3) is 2.75. The van der Waals surface area contributed by atoms with Gasteiger partial charge in [-0.2, -0.15) is 0 Å². The summed E-state index contributed by atoms with van der Waals surface area (Å²) in [5.74, 6) is 0.127. The fraction of sp³-hybridized carbons (Fsp3) is 0.562. The molecule has 104 valence electrons. The first-order valence-corrected chi connectivity index (χ1v) is 7.23. The molecule has 1 aromatic rings. The third-order valence-corrected chi connectivity index (χ3v) is 4.47. The predicted molar refractivity (Wildman–Crippen MR) is 79.5 cm³/mol. The zero-order chi connectivity index (χ0) is 13.9. The van der Waals surface area contributed by atoms with Gasteiger partial charge in [-0.25, -0.2) is 0 Å². The second-order valence-electron chi connectivity index (χ2n) is 5.51. The highest BCUT2D eigenvalue weighted by Gasteiger charge is 2.30. The molecule has 0 aromatic heterocycles. The lowest BCUT2D eigenvalue weighted by Crippen LogP contribution is -2.50. The molecule has 1 heterocycles. The maximum Gasteiger partial charge on any atom is 0.224 e. The molecule has 2 rings (SSSR count). The van der Waals surface area contributed by atoms with Crippen LogP contribution in [0.4, 0.5) is 5.69 Å². The van der Waals surface area contributed by atoms with Crippen molar-refractivity contribution in [2.75, 3.05) is 18.0 Å². The minimum Gasteiger partial charge on any atom is -0.364 e. The van der Waals surface area contributed by atoms with Crippen LogP contribution in [0.1, 0.15) is 39.2 Å². The van der Waals surface area contributed by atoms with Gasteiger partial charge < -0.3 is 10.2 Å². The summed E-state index contributed by atoms with van der Waals surface area (Å²) >= 11 is 0. The second kappa shape index (κ2) is 5.64. The monoisotopic (exact) mass is 260 g/mol. The minimum absolute atomic E-state index is 0.127. The normalized spacial score (nSPS) is 16.4. The Hall–Kier alpha value is -1.51. The van der Waals surface area contributed by atoms with Gasteiger partial charge in [0, 0.05) is 24.3 Å². The van der Waals surface area contributed by atoms with Crippen molar-refractivity contribution in [3.8, 4) is 0 Å². The smallest absolute Gasteiger partial charge is 0.224 e. The Labute approximate surface area is 116 Å². The summed E-state index contributed by atoms with van der Waals surface area (Å²) in [6.07, 6.45) is 2.69. The summed E-state index contributed by atoms with van der Waals surface area (Å²) in [5.41, 5.74) is 2.51. The van der Waals surface area contributed by atoms with Crippen LogP contribution in [0.25, 0.3) is 0 Å². The van der Waals surface area contributed by atoms with Gasteiger partial charge in [-0.3, -0.25) is 4.79 Å². The molecule has 1 aliphatic rings. The standard InChI is InChI=1S/C16H24N2O/c1-4-16(3,5-2)18-11-10-17-15(19)12-13-8-6-7-9-14(13)18/h6-9H,4-5,10-12H2,1-3H3,(H,17,19). The molecular formula is C16H24N2O. The molecule has 0 atom stereocenters. The summed E-state index contributed by atoms with van der Waals surface area (Å²) < 4.78 is 0. The maximum atomic E-state index is 11.8. The Balaban J connectivity index is 2.44. The van der Waals surface area contributed by atoms with Crippen molar-refractivity contribution in [1.29, 1.82) is 0 Å². The van der Waals surface area contributed by atoms with Gasteiger partial charge in [-0.15, -0.1) is 0 Å². The van der Waals surface area contributed by atoms with Crippen molar-refractivity contribution in [3.05, 3.63) is 29.8 Å². The summed E-state index contributed by atoms with van der Waals surface area (Å²) in [5, 5.41) is 3.00. The lowest BCUT2D eigenvalue weighted by molar-refractivity contribution is -0.120. The number of benzene rings is 1. The highest BCUT2D eigenvalue weighted by molar-refractivity contribution is 5.81. The number of carbonyl (C=O) groups is 1. The Morgan fingerprint density at radius 2 is 1.95 bits per heavy atom. The third-order valence-electron chi connectivity index (χ3n) is 4.47. The molecule has 1 aliphatic heterocycles. The van der Waals surface area contributed by atoms with Gasteiger partial charge in [-0.05, 0) is 31.4 Å². The average Bonchev–Trinajstić information content (AvgIpc) is 2.42. The van der Waals surface area contributed by atoms with Crippen LogP contribution in [0.2, 0.25) is 0 Å². The van der Waals surface area contributed by atoms with E-state index in [2.05, 4.69) is 49.2 Å². The Kier molecular flexibility index (Phi) is 4.13. The van der Waals surface area contributed by atoms with Gasteiger partial charge >= 0.3 is 0 Å². The first-order chi connectivity index (χ1) is 9.10. The number of rotatable bonds is 3. The number of hydrogen-bond donors (Lipinski definition) is 1. The summed E-state index contributed by atoms with van der Waals surface area (Å²) in [7, 11) is 0. The van der Waals surface area contributed by atoms with Crippen LogP contribution in [0.15, 0.2) is 24.3 Å². The molecule has 0 bridgehead atoms. The second-order valence-corrected chi connectivity index (χ2v) is 5.51. The van der Waals surface area contributed by atoms with E-state index in [1.807, 2.05) is 6.07 Å². The van der Waals surface area contributed by atoms with Crippen molar-refractivity contribution in [3.63, 3.8) is 0 Å². The van der Waals surface area contributed by atoms with Crippen LogP contribution in [0.5, 0.6) is 0 Å². The lowest BCUT2D eigenvalue weighted by Gasteiger charge is -2.44. The molecule has 3 nitrogen and oxygen atoms in total. The Morgan fingerprint density at radius 3 is 2.63 bits per heavy atom. The number of carbonyl (C=O) groups excluding carboxylic acids is 1. The quantitative estimate of drug-likeness (QED) is 0.906. The molecule has 1 N–H and O–H groups in total. The van der Waals surface area contributed by atoms with Gasteiger partial charge in [0.05, 0.1) is 6.42 Å². The van der Waals surface area contributed by atoms with Crippen LogP contribution in [0.3, 0.4) is 0 Å². The van der Waals surface area contributed by atoms with E-state index in [4.69, 9.17) is 0 Å². The molecule has 0 aliphatic carbocycles. The number of amides is 1. The highest BCUT2D eigenvalue weighted by atomic mass is 16.1. The number of para-hydroxylation sites is 1. The van der Waals surface area contributed by atoms with E-state index in [0.29, 0.717) is 6.42 Å². The first kappa shape index (κ1) is 13.9. The van der Waals surface area contributed by atoms with E-state index in [1.54, 1.807) is 0 Å². The molecule has 1 aromatic carbocycles. The van der Waals surface area contributed by atoms with Gasteiger partial charge in [0.2, 0.25) is 5.91 Å². The predicted octanol–water partition coefficient (Wildman–Crippen LogP) is 2.74. The lowest BCUT2D eigenvalue weighted by atomic mass is 9.91. The molecule has 1 amide bonds. The molecule has 0 unspecified atom stereocenters. The van der Waals surface area contributed by atoms with E-state index in [-0.39, 0.29) is 11.4 Å². The molecule has 0 spiro atoms. The Morgan fingerprint density at radius 1 is 1.26 bits per heavy atom. The van der Waals surface area contributed by atoms with E-state index >= 15 is 0 Å². The largest absolute Gasteiger partial charge is 0.364 e. The summed E-state index contributed by atoms with van der Waals surface area (Å²) in [6, 6.07) is 8.30. The van der Waals surface area contributed by atoms with Crippen molar-refractivity contribution in [2.45, 2.75) is 45.6 Å². The van der Waals surface area contributed by atoms with Crippen molar-refractivity contribution < 1.29 is 4.79 Å². The average molecular weight is 260 g/mol. The number of fused-ring (bicyclic) bond motifs is 1. The van der Waals surface area contributed by atoms with Crippen molar-refractivity contribution in [1.82, 2.24) is 5.32 Å². The highest BCUT2D eigenvalue weighted by Crippen LogP contribution is 2.32. The van der Waals surface area contributed by atoms with Crippen LogP contribution < -0.4 is 10.2 Å². The van der Waals surface area contributed by atoms with Crippen LogP contribution in [-0.2, 0) is 11.2 Å². The number of nitrogens with zero attached hydrogens (tertiary/aromatic N) is 1. The molecule has 0 saturated heterocycles. The van der Waals surface area contributed by atoms with Crippen LogP contribution in [-0.4, -0.2) is 24.5 Å². The molecule has 0 radical (unpaired) electrons. The molecule has 19 heavy (non-hydrogen) atoms. The fourth-order valence-corrected chi connectivity index (χ4v) is 2.78. The number of hydrogen-bond acceptors (Lipinski definition) is 2. The van der Waals surface area contributed by atoms with E-state index in [9.17, 15) is 4.79 Å². The molecular weight excluding hydrogens is 236 g/mol. The molecule has 0 fully saturated rings. The van der Waals surface area contributed by atoms with Crippen LogP contribution >= 0.6 is 0 Å². The fourth-order valence-electron chi connectivity index (χ4n) is 2.78. The zero-order valence-electron chi connectivity index (χ0n) is 12.2. The van der Waals surface area contributed by atoms with Crippen LogP contribution in [0, 0.1) is 0 Å². The topological polar surface area (TPSA) is 32.3 Å². The molecule has 3 heteroatoms.